The zero-order valence-electron chi connectivity index (χ0n) is 15.1. The van der Waals surface area contributed by atoms with Gasteiger partial charge in [0.05, 0.1) is 18.8 Å². The molecule has 0 saturated carbocycles. The Morgan fingerprint density at radius 3 is 2.68 bits per heavy atom. The quantitative estimate of drug-likeness (QED) is 0.532. The van der Waals surface area contributed by atoms with Crippen LogP contribution in [-0.2, 0) is 13.1 Å². The number of nitrogens with zero attached hydrogens (tertiary/aromatic N) is 2. The van der Waals surface area contributed by atoms with E-state index in [1.165, 1.54) is 5.56 Å². The van der Waals surface area contributed by atoms with Gasteiger partial charge in [-0.15, -0.1) is 11.3 Å². The highest BCUT2D eigenvalue weighted by Gasteiger charge is 2.11. The number of fused-ring (bicyclic) bond motifs is 1. The predicted octanol–water partition coefficient (Wildman–Crippen LogP) is 4.19. The van der Waals surface area contributed by atoms with Crippen molar-refractivity contribution in [1.29, 1.82) is 0 Å². The zero-order chi connectivity index (χ0) is 17.8. The average Bonchev–Trinajstić information content (AvgIpc) is 3.21. The highest BCUT2D eigenvalue weighted by molar-refractivity contribution is 7.09. The van der Waals surface area contributed by atoms with Crippen LogP contribution in [0.25, 0.3) is 11.0 Å². The first-order valence-corrected chi connectivity index (χ1v) is 9.32. The summed E-state index contributed by atoms with van der Waals surface area (Å²) >= 11 is 1.68. The number of rotatable bonds is 5. The third kappa shape index (κ3) is 4.02. The second kappa shape index (κ2) is 7.70. The van der Waals surface area contributed by atoms with E-state index in [1.54, 1.807) is 18.4 Å². The molecule has 25 heavy (non-hydrogen) atoms. The van der Waals surface area contributed by atoms with Crippen molar-refractivity contribution in [2.75, 3.05) is 7.05 Å². The largest absolute Gasteiger partial charge is 0.459 e. The molecule has 3 rings (SSSR count). The van der Waals surface area contributed by atoms with Gasteiger partial charge in [0.1, 0.15) is 16.4 Å². The van der Waals surface area contributed by atoms with Crippen molar-refractivity contribution in [2.45, 2.75) is 39.8 Å². The maximum absolute atomic E-state index is 5.93. The maximum Gasteiger partial charge on any atom is 0.191 e. The molecule has 0 fully saturated rings. The molecule has 0 aliphatic heterocycles. The van der Waals surface area contributed by atoms with Gasteiger partial charge in [0.15, 0.2) is 5.96 Å². The zero-order valence-corrected chi connectivity index (χ0v) is 15.9. The number of aromatic nitrogens is 1. The summed E-state index contributed by atoms with van der Waals surface area (Å²) in [6, 6.07) is 8.09. The Hall–Kier alpha value is -2.34. The molecule has 0 unspecified atom stereocenters. The first kappa shape index (κ1) is 17.5. The van der Waals surface area contributed by atoms with Crippen molar-refractivity contribution in [3.8, 4) is 0 Å². The molecule has 0 atom stereocenters. The van der Waals surface area contributed by atoms with E-state index >= 15 is 0 Å². The Morgan fingerprint density at radius 2 is 2.00 bits per heavy atom. The standard InChI is InChI=1S/C19H24N4OS/c1-12(2)15-11-25-18(23-15)10-22-19(20-4)21-9-17-13(3)14-7-5-6-8-16(14)24-17/h5-8,11-12H,9-10H2,1-4H3,(H2,20,21,22). The number of nitrogens with one attached hydrogen (secondary N) is 2. The number of hydrogen-bond donors (Lipinski definition) is 2. The lowest BCUT2D eigenvalue weighted by Crippen LogP contribution is -2.36. The monoisotopic (exact) mass is 356 g/mol. The fourth-order valence-corrected chi connectivity index (χ4v) is 3.50. The Bertz CT molecular complexity index is 879. The van der Waals surface area contributed by atoms with Gasteiger partial charge in [0.25, 0.3) is 0 Å². The van der Waals surface area contributed by atoms with Crippen LogP contribution in [-0.4, -0.2) is 18.0 Å². The second-order valence-corrected chi connectivity index (χ2v) is 7.19. The van der Waals surface area contributed by atoms with E-state index in [9.17, 15) is 0 Å². The number of hydrogen-bond acceptors (Lipinski definition) is 4. The summed E-state index contributed by atoms with van der Waals surface area (Å²) < 4.78 is 5.93. The van der Waals surface area contributed by atoms with Crippen LogP contribution in [0.2, 0.25) is 0 Å². The van der Waals surface area contributed by atoms with Gasteiger partial charge in [0, 0.05) is 23.4 Å². The van der Waals surface area contributed by atoms with Gasteiger partial charge in [-0.1, -0.05) is 32.0 Å². The molecule has 0 radical (unpaired) electrons. The smallest absolute Gasteiger partial charge is 0.191 e. The van der Waals surface area contributed by atoms with E-state index < -0.39 is 0 Å². The van der Waals surface area contributed by atoms with Gasteiger partial charge < -0.3 is 15.1 Å². The van der Waals surface area contributed by atoms with Gasteiger partial charge in [-0.3, -0.25) is 4.99 Å². The van der Waals surface area contributed by atoms with Crippen molar-refractivity contribution in [1.82, 2.24) is 15.6 Å². The molecule has 0 bridgehead atoms. The normalized spacial score (nSPS) is 12.1. The van der Waals surface area contributed by atoms with Crippen molar-refractivity contribution >= 4 is 28.3 Å². The van der Waals surface area contributed by atoms with E-state index in [2.05, 4.69) is 52.8 Å². The fourth-order valence-electron chi connectivity index (χ4n) is 2.61. The van der Waals surface area contributed by atoms with Gasteiger partial charge in [0.2, 0.25) is 0 Å². The van der Waals surface area contributed by atoms with Crippen LogP contribution in [0.5, 0.6) is 0 Å². The third-order valence-electron chi connectivity index (χ3n) is 4.15. The van der Waals surface area contributed by atoms with Crippen LogP contribution in [0.15, 0.2) is 39.1 Å². The van der Waals surface area contributed by atoms with Gasteiger partial charge >= 0.3 is 0 Å². The summed E-state index contributed by atoms with van der Waals surface area (Å²) in [5, 5.41) is 11.0. The Morgan fingerprint density at radius 1 is 1.24 bits per heavy atom. The summed E-state index contributed by atoms with van der Waals surface area (Å²) in [7, 11) is 1.77. The summed E-state index contributed by atoms with van der Waals surface area (Å²) in [6.45, 7) is 7.65. The van der Waals surface area contributed by atoms with Crippen LogP contribution in [0, 0.1) is 6.92 Å². The molecule has 5 nitrogen and oxygen atoms in total. The highest BCUT2D eigenvalue weighted by Crippen LogP contribution is 2.24. The molecule has 0 aliphatic rings. The molecule has 2 heterocycles. The molecule has 0 saturated heterocycles. The van der Waals surface area contributed by atoms with E-state index in [0.29, 0.717) is 19.0 Å². The summed E-state index contributed by atoms with van der Waals surface area (Å²) in [4.78, 5) is 8.91. The maximum atomic E-state index is 5.93. The minimum Gasteiger partial charge on any atom is -0.459 e. The summed E-state index contributed by atoms with van der Waals surface area (Å²) in [5.74, 6) is 2.13. The molecule has 3 aromatic rings. The number of guanidine groups is 1. The molecular formula is C19H24N4OS. The minimum absolute atomic E-state index is 0.457. The van der Waals surface area contributed by atoms with E-state index in [1.807, 2.05) is 18.2 Å². The second-order valence-electron chi connectivity index (χ2n) is 6.25. The fraction of sp³-hybridized carbons (Fsp3) is 0.368. The molecule has 132 valence electrons. The lowest BCUT2D eigenvalue weighted by Gasteiger charge is -2.10. The number of benzene rings is 1. The third-order valence-corrected chi connectivity index (χ3v) is 5.02. The Kier molecular flexibility index (Phi) is 5.38. The molecule has 2 N–H and O–H groups in total. The van der Waals surface area contributed by atoms with Gasteiger partial charge in [-0.2, -0.15) is 0 Å². The first-order valence-electron chi connectivity index (χ1n) is 8.44. The number of thiazole rings is 1. The van der Waals surface area contributed by atoms with E-state index in [4.69, 9.17) is 4.42 Å². The molecule has 6 heteroatoms. The number of aryl methyl sites for hydroxylation is 1. The molecule has 0 aliphatic carbocycles. The van der Waals surface area contributed by atoms with Crippen LogP contribution < -0.4 is 10.6 Å². The number of aliphatic imine (C=N–C) groups is 1. The molecule has 0 spiro atoms. The van der Waals surface area contributed by atoms with Crippen LogP contribution >= 0.6 is 11.3 Å². The SMILES string of the molecule is CN=C(NCc1nc(C(C)C)cs1)NCc1oc2ccccc2c1C. The minimum atomic E-state index is 0.457. The van der Waals surface area contributed by atoms with Crippen molar-refractivity contribution < 1.29 is 4.42 Å². The topological polar surface area (TPSA) is 62.5 Å². The van der Waals surface area contributed by atoms with Crippen LogP contribution in [0.3, 0.4) is 0 Å². The van der Waals surface area contributed by atoms with E-state index in [0.717, 1.165) is 33.4 Å². The molecule has 2 aromatic heterocycles. The molecule has 0 amide bonds. The summed E-state index contributed by atoms with van der Waals surface area (Å²) in [5.41, 5.74) is 3.23. The van der Waals surface area contributed by atoms with Gasteiger partial charge in [-0.25, -0.2) is 4.98 Å². The average molecular weight is 356 g/mol. The van der Waals surface area contributed by atoms with Crippen molar-refractivity contribution in [3.05, 3.63) is 51.7 Å². The molecular weight excluding hydrogens is 332 g/mol. The van der Waals surface area contributed by atoms with E-state index in [-0.39, 0.29) is 0 Å². The Balaban J connectivity index is 1.59. The van der Waals surface area contributed by atoms with Crippen LogP contribution in [0.1, 0.15) is 41.8 Å². The van der Waals surface area contributed by atoms with Crippen molar-refractivity contribution in [2.24, 2.45) is 4.99 Å². The first-order chi connectivity index (χ1) is 12.1. The van der Waals surface area contributed by atoms with Gasteiger partial charge in [-0.05, 0) is 18.9 Å². The lowest BCUT2D eigenvalue weighted by atomic mass is 10.1. The molecule has 1 aromatic carbocycles. The predicted molar refractivity (Wildman–Crippen MR) is 104 cm³/mol. The van der Waals surface area contributed by atoms with Crippen LogP contribution in [0.4, 0.5) is 0 Å². The Labute approximate surface area is 152 Å². The van der Waals surface area contributed by atoms with Crippen molar-refractivity contribution in [3.63, 3.8) is 0 Å². The lowest BCUT2D eigenvalue weighted by molar-refractivity contribution is 0.534. The highest BCUT2D eigenvalue weighted by atomic mass is 32.1. The number of furan rings is 1. The summed E-state index contributed by atoms with van der Waals surface area (Å²) in [6.07, 6.45) is 0. The number of para-hydroxylation sites is 1.